The van der Waals surface area contributed by atoms with Gasteiger partial charge in [0.2, 0.25) is 10.0 Å². The van der Waals surface area contributed by atoms with Crippen molar-refractivity contribution in [2.45, 2.75) is 37.1 Å². The first-order valence-corrected chi connectivity index (χ1v) is 11.1. The van der Waals surface area contributed by atoms with E-state index in [0.29, 0.717) is 6.61 Å². The molecule has 1 aliphatic rings. The summed E-state index contributed by atoms with van der Waals surface area (Å²) in [5.74, 6) is 0.823. The van der Waals surface area contributed by atoms with Crippen molar-refractivity contribution in [3.05, 3.63) is 60.2 Å². The fraction of sp³-hybridized carbons (Fsp3) is 0.429. The van der Waals surface area contributed by atoms with E-state index in [2.05, 4.69) is 9.62 Å². The van der Waals surface area contributed by atoms with E-state index >= 15 is 0 Å². The highest BCUT2D eigenvalue weighted by molar-refractivity contribution is 7.89. The van der Waals surface area contributed by atoms with Crippen molar-refractivity contribution in [1.82, 2.24) is 9.62 Å². The van der Waals surface area contributed by atoms with E-state index in [4.69, 9.17) is 4.74 Å². The van der Waals surface area contributed by atoms with E-state index < -0.39 is 10.0 Å². The fourth-order valence-electron chi connectivity index (χ4n) is 3.23. The summed E-state index contributed by atoms with van der Waals surface area (Å²) in [4.78, 5) is 2.79. The molecule has 1 aliphatic heterocycles. The van der Waals surface area contributed by atoms with Crippen LogP contribution in [0.2, 0.25) is 0 Å². The molecule has 1 N–H and O–H groups in total. The normalized spacial score (nSPS) is 15.6. The van der Waals surface area contributed by atoms with Crippen molar-refractivity contribution in [2.24, 2.45) is 0 Å². The number of nitrogens with zero attached hydrogens (tertiary/aromatic N) is 1. The Morgan fingerprint density at radius 2 is 1.63 bits per heavy atom. The van der Waals surface area contributed by atoms with E-state index in [9.17, 15) is 8.42 Å². The number of nitrogens with one attached hydrogen (secondary N) is 1. The van der Waals surface area contributed by atoms with Crippen LogP contribution in [0.25, 0.3) is 0 Å². The van der Waals surface area contributed by atoms with Crippen molar-refractivity contribution in [3.8, 4) is 5.75 Å². The quantitative estimate of drug-likeness (QED) is 0.669. The van der Waals surface area contributed by atoms with Crippen molar-refractivity contribution in [2.75, 3.05) is 26.2 Å². The Kier molecular flexibility index (Phi) is 7.26. The fourth-order valence-corrected chi connectivity index (χ4v) is 4.26. The van der Waals surface area contributed by atoms with Crippen LogP contribution in [0, 0.1) is 0 Å². The zero-order valence-electron chi connectivity index (χ0n) is 15.6. The lowest BCUT2D eigenvalue weighted by Gasteiger charge is -2.26. The molecule has 0 aliphatic carbocycles. The number of sulfonamides is 1. The largest absolute Gasteiger partial charge is 0.494 e. The minimum Gasteiger partial charge on any atom is -0.494 e. The zero-order valence-corrected chi connectivity index (χ0v) is 16.5. The summed E-state index contributed by atoms with van der Waals surface area (Å²) in [6.45, 7) is 4.49. The maximum atomic E-state index is 12.2. The van der Waals surface area contributed by atoms with E-state index in [1.807, 2.05) is 24.3 Å². The summed E-state index contributed by atoms with van der Waals surface area (Å²) >= 11 is 0. The Balaban J connectivity index is 1.40. The van der Waals surface area contributed by atoms with Gasteiger partial charge in [-0.25, -0.2) is 13.1 Å². The third-order valence-corrected chi connectivity index (χ3v) is 6.20. The average molecular weight is 389 g/mol. The van der Waals surface area contributed by atoms with Crippen LogP contribution in [-0.4, -0.2) is 39.6 Å². The van der Waals surface area contributed by atoms with E-state index in [0.717, 1.165) is 24.3 Å². The summed E-state index contributed by atoms with van der Waals surface area (Å²) in [5.41, 5.74) is 0.898. The first-order chi connectivity index (χ1) is 13.1. The number of piperidine rings is 1. The number of likely N-dealkylation sites (tertiary alicyclic amines) is 1. The molecule has 0 amide bonds. The van der Waals surface area contributed by atoms with Crippen LogP contribution in [0.5, 0.6) is 5.75 Å². The van der Waals surface area contributed by atoms with Gasteiger partial charge in [0, 0.05) is 13.1 Å². The summed E-state index contributed by atoms with van der Waals surface area (Å²) in [6, 6.07) is 16.0. The first kappa shape index (κ1) is 19.9. The molecule has 6 heteroatoms. The molecule has 146 valence electrons. The van der Waals surface area contributed by atoms with Gasteiger partial charge in [0.05, 0.1) is 11.5 Å². The Morgan fingerprint density at radius 3 is 2.33 bits per heavy atom. The van der Waals surface area contributed by atoms with Gasteiger partial charge in [-0.3, -0.25) is 0 Å². The van der Waals surface area contributed by atoms with E-state index in [1.165, 1.54) is 32.4 Å². The number of ether oxygens (including phenoxy) is 1. The zero-order chi connectivity index (χ0) is 19.0. The molecule has 3 rings (SSSR count). The lowest BCUT2D eigenvalue weighted by Crippen LogP contribution is -2.31. The molecule has 2 aromatic carbocycles. The Hall–Kier alpha value is -1.89. The molecule has 0 unspecified atom stereocenters. The molecular formula is C21H28N2O3S. The van der Waals surface area contributed by atoms with Gasteiger partial charge in [-0.05, 0) is 62.2 Å². The van der Waals surface area contributed by atoms with Gasteiger partial charge in [0.15, 0.2) is 0 Å². The Bertz CT molecular complexity index is 786. The summed E-state index contributed by atoms with van der Waals surface area (Å²) < 4.78 is 32.9. The second kappa shape index (κ2) is 9.88. The SMILES string of the molecule is O=S(=O)(NCc1ccc(OCCCN2CCCCC2)cc1)c1ccccc1. The number of hydrogen-bond donors (Lipinski definition) is 1. The minimum absolute atomic E-state index is 0.256. The maximum absolute atomic E-state index is 12.2. The molecule has 0 saturated carbocycles. The molecule has 5 nitrogen and oxygen atoms in total. The molecule has 0 aromatic heterocycles. The minimum atomic E-state index is -3.48. The summed E-state index contributed by atoms with van der Waals surface area (Å²) in [6.07, 6.45) is 5.02. The van der Waals surface area contributed by atoms with E-state index in [-0.39, 0.29) is 11.4 Å². The highest BCUT2D eigenvalue weighted by atomic mass is 32.2. The molecule has 1 heterocycles. The Morgan fingerprint density at radius 1 is 0.926 bits per heavy atom. The third-order valence-electron chi connectivity index (χ3n) is 4.78. The van der Waals surface area contributed by atoms with Crippen LogP contribution in [0.1, 0.15) is 31.2 Å². The molecule has 0 radical (unpaired) electrons. The Labute approximate surface area is 162 Å². The third kappa shape index (κ3) is 6.34. The van der Waals surface area contributed by atoms with Crippen molar-refractivity contribution in [1.29, 1.82) is 0 Å². The molecule has 0 atom stereocenters. The van der Waals surface area contributed by atoms with Crippen molar-refractivity contribution >= 4 is 10.0 Å². The van der Waals surface area contributed by atoms with Gasteiger partial charge in [-0.15, -0.1) is 0 Å². The van der Waals surface area contributed by atoms with Crippen LogP contribution < -0.4 is 9.46 Å². The number of hydrogen-bond acceptors (Lipinski definition) is 4. The number of benzene rings is 2. The predicted octanol–water partition coefficient (Wildman–Crippen LogP) is 3.42. The average Bonchev–Trinajstić information content (AvgIpc) is 2.72. The molecule has 0 bridgehead atoms. The summed E-state index contributed by atoms with van der Waals surface area (Å²) in [7, 11) is -3.48. The molecule has 2 aromatic rings. The predicted molar refractivity (Wildman–Crippen MR) is 107 cm³/mol. The second-order valence-electron chi connectivity index (χ2n) is 6.89. The molecule has 0 spiro atoms. The lowest BCUT2D eigenvalue weighted by atomic mass is 10.1. The van der Waals surface area contributed by atoms with Gasteiger partial charge in [0.25, 0.3) is 0 Å². The highest BCUT2D eigenvalue weighted by Gasteiger charge is 2.12. The van der Waals surface area contributed by atoms with Crippen LogP contribution in [0.15, 0.2) is 59.5 Å². The van der Waals surface area contributed by atoms with Gasteiger partial charge < -0.3 is 9.64 Å². The second-order valence-corrected chi connectivity index (χ2v) is 8.65. The molecular weight excluding hydrogens is 360 g/mol. The van der Waals surface area contributed by atoms with E-state index in [1.54, 1.807) is 30.3 Å². The number of rotatable bonds is 9. The van der Waals surface area contributed by atoms with Gasteiger partial charge in [-0.1, -0.05) is 36.8 Å². The van der Waals surface area contributed by atoms with Crippen LogP contribution in [0.3, 0.4) is 0 Å². The first-order valence-electron chi connectivity index (χ1n) is 9.62. The lowest BCUT2D eigenvalue weighted by molar-refractivity contribution is 0.205. The smallest absolute Gasteiger partial charge is 0.240 e. The molecule has 1 fully saturated rings. The maximum Gasteiger partial charge on any atom is 0.240 e. The van der Waals surface area contributed by atoms with Crippen LogP contribution >= 0.6 is 0 Å². The van der Waals surface area contributed by atoms with Crippen molar-refractivity contribution < 1.29 is 13.2 Å². The van der Waals surface area contributed by atoms with Crippen molar-refractivity contribution in [3.63, 3.8) is 0 Å². The molecule has 27 heavy (non-hydrogen) atoms. The van der Waals surface area contributed by atoms with Gasteiger partial charge in [0.1, 0.15) is 5.75 Å². The standard InChI is InChI=1S/C21H28N2O3S/c24-27(25,21-8-3-1-4-9-21)22-18-19-10-12-20(13-11-19)26-17-7-16-23-14-5-2-6-15-23/h1,3-4,8-13,22H,2,5-7,14-18H2. The van der Waals surface area contributed by atoms with Gasteiger partial charge >= 0.3 is 0 Å². The van der Waals surface area contributed by atoms with Crippen LogP contribution in [0.4, 0.5) is 0 Å². The highest BCUT2D eigenvalue weighted by Crippen LogP contribution is 2.14. The monoisotopic (exact) mass is 388 g/mol. The van der Waals surface area contributed by atoms with Crippen LogP contribution in [-0.2, 0) is 16.6 Å². The molecule has 1 saturated heterocycles. The van der Waals surface area contributed by atoms with Gasteiger partial charge in [-0.2, -0.15) is 0 Å². The summed E-state index contributed by atoms with van der Waals surface area (Å²) in [5, 5.41) is 0. The topological polar surface area (TPSA) is 58.6 Å².